The summed E-state index contributed by atoms with van der Waals surface area (Å²) in [4.78, 5) is 0. The zero-order chi connectivity index (χ0) is 10.8. The van der Waals surface area contributed by atoms with Gasteiger partial charge in [0.15, 0.2) is 0 Å². The maximum atomic E-state index is 12.6. The van der Waals surface area contributed by atoms with E-state index in [1.54, 1.807) is 6.92 Å². The van der Waals surface area contributed by atoms with E-state index in [0.717, 1.165) is 12.1 Å². The van der Waals surface area contributed by atoms with E-state index in [0.29, 0.717) is 11.1 Å². The van der Waals surface area contributed by atoms with E-state index in [2.05, 4.69) is 0 Å². The first-order valence-corrected chi connectivity index (χ1v) is 4.04. The molecule has 0 aliphatic rings. The Labute approximate surface area is 79.3 Å². The van der Waals surface area contributed by atoms with Crippen LogP contribution in [0.2, 0.25) is 0 Å². The van der Waals surface area contributed by atoms with Crippen molar-refractivity contribution in [2.24, 2.45) is 0 Å². The average molecular weight is 203 g/mol. The van der Waals surface area contributed by atoms with Gasteiger partial charge in [-0.05, 0) is 30.2 Å². The van der Waals surface area contributed by atoms with E-state index < -0.39 is 12.8 Å². The number of hydrogen-bond donors (Lipinski definition) is 0. The molecule has 0 radical (unpaired) electrons. The van der Waals surface area contributed by atoms with Gasteiger partial charge in [0.1, 0.15) is 5.82 Å². The Morgan fingerprint density at radius 3 is 2.36 bits per heavy atom. The monoisotopic (exact) mass is 203 g/mol. The van der Waals surface area contributed by atoms with Crippen molar-refractivity contribution in [2.45, 2.75) is 6.92 Å². The molecule has 1 aromatic carbocycles. The van der Waals surface area contributed by atoms with E-state index in [1.807, 2.05) is 0 Å². The third kappa shape index (κ3) is 3.24. The molecule has 1 aromatic rings. The highest BCUT2D eigenvalue weighted by atomic mass is 19.4. The molecule has 0 fully saturated rings. The van der Waals surface area contributed by atoms with Gasteiger partial charge >= 0.3 is 6.98 Å². The van der Waals surface area contributed by atoms with E-state index in [1.165, 1.54) is 12.1 Å². The number of rotatable bonds is 2. The van der Waals surface area contributed by atoms with Gasteiger partial charge in [0.05, 0.1) is 0 Å². The van der Waals surface area contributed by atoms with Crippen LogP contribution in [0.25, 0.3) is 6.08 Å². The predicted octanol–water partition coefficient (Wildman–Crippen LogP) is 3.53. The standard InChI is InChI=1S/C9H8BF4/c1-7-6-9(11)3-2-8(7)4-5-10(12,13)14/h2-6H,1H3/q-1/b5-4+. The molecule has 0 saturated heterocycles. The molecule has 0 nitrogen and oxygen atoms in total. The molecule has 0 saturated carbocycles. The molecule has 0 unspecified atom stereocenters. The normalized spacial score (nSPS) is 12.4. The lowest BCUT2D eigenvalue weighted by atomic mass is 9.90. The lowest BCUT2D eigenvalue weighted by molar-refractivity contribution is 0.499. The van der Waals surface area contributed by atoms with Crippen LogP contribution in [0.3, 0.4) is 0 Å². The zero-order valence-electron chi connectivity index (χ0n) is 7.48. The van der Waals surface area contributed by atoms with Gasteiger partial charge in [0.25, 0.3) is 0 Å². The summed E-state index contributed by atoms with van der Waals surface area (Å²) in [5.41, 5.74) is 0.868. The second-order valence-electron chi connectivity index (χ2n) is 2.99. The maximum absolute atomic E-state index is 12.6. The molecular formula is C9H8BF4-. The molecule has 0 spiro atoms. The Kier molecular flexibility index (Phi) is 2.98. The SMILES string of the molecule is Cc1cc(F)ccc1/C=C/[B-](F)(F)F. The first-order chi connectivity index (χ1) is 6.38. The van der Waals surface area contributed by atoms with Crippen molar-refractivity contribution in [3.63, 3.8) is 0 Å². The van der Waals surface area contributed by atoms with Gasteiger partial charge < -0.3 is 12.9 Å². The second-order valence-corrected chi connectivity index (χ2v) is 2.99. The van der Waals surface area contributed by atoms with Crippen LogP contribution in [0.5, 0.6) is 0 Å². The third-order valence-corrected chi connectivity index (χ3v) is 1.73. The first kappa shape index (κ1) is 10.8. The molecular weight excluding hydrogens is 195 g/mol. The van der Waals surface area contributed by atoms with E-state index in [9.17, 15) is 17.3 Å². The third-order valence-electron chi connectivity index (χ3n) is 1.73. The summed E-state index contributed by atoms with van der Waals surface area (Å²) >= 11 is 0. The number of aryl methyl sites for hydroxylation is 1. The summed E-state index contributed by atoms with van der Waals surface area (Å²) in [6.07, 6.45) is 0.953. The lowest BCUT2D eigenvalue weighted by Crippen LogP contribution is -2.09. The quantitative estimate of drug-likeness (QED) is 0.509. The molecule has 14 heavy (non-hydrogen) atoms. The highest BCUT2D eigenvalue weighted by Gasteiger charge is 2.17. The minimum atomic E-state index is -4.93. The predicted molar refractivity (Wildman–Crippen MR) is 49.2 cm³/mol. The van der Waals surface area contributed by atoms with Crippen molar-refractivity contribution in [3.8, 4) is 0 Å². The summed E-state index contributed by atoms with van der Waals surface area (Å²) in [5, 5.41) is 0. The second kappa shape index (κ2) is 3.86. The fourth-order valence-electron chi connectivity index (χ4n) is 1.04. The Morgan fingerprint density at radius 1 is 1.21 bits per heavy atom. The van der Waals surface area contributed by atoms with Crippen LogP contribution in [0.4, 0.5) is 17.3 Å². The van der Waals surface area contributed by atoms with Gasteiger partial charge in [0, 0.05) is 0 Å². The van der Waals surface area contributed by atoms with E-state index in [4.69, 9.17) is 0 Å². The van der Waals surface area contributed by atoms with Gasteiger partial charge in [-0.2, -0.15) is 0 Å². The fraction of sp³-hybridized carbons (Fsp3) is 0.111. The number of hydrogen-bond acceptors (Lipinski definition) is 0. The molecule has 0 heterocycles. The minimum absolute atomic E-state index is 0.195. The lowest BCUT2D eigenvalue weighted by Gasteiger charge is -2.07. The molecule has 0 aliphatic heterocycles. The average Bonchev–Trinajstić information content (AvgIpc) is 2.00. The van der Waals surface area contributed by atoms with Crippen LogP contribution in [0.1, 0.15) is 11.1 Å². The highest BCUT2D eigenvalue weighted by Crippen LogP contribution is 2.16. The smallest absolute Gasteiger partial charge is 0.445 e. The first-order valence-electron chi connectivity index (χ1n) is 4.04. The molecule has 0 aliphatic carbocycles. The van der Waals surface area contributed by atoms with E-state index >= 15 is 0 Å². The summed E-state index contributed by atoms with van der Waals surface area (Å²) in [5.74, 6) is -0.252. The van der Waals surface area contributed by atoms with Crippen molar-refractivity contribution < 1.29 is 17.3 Å². The Bertz CT molecular complexity index is 354. The van der Waals surface area contributed by atoms with Gasteiger partial charge in [0.2, 0.25) is 0 Å². The molecule has 0 amide bonds. The topological polar surface area (TPSA) is 0 Å². The van der Waals surface area contributed by atoms with Crippen LogP contribution < -0.4 is 0 Å². The molecule has 0 atom stereocenters. The fourth-order valence-corrected chi connectivity index (χ4v) is 1.04. The molecule has 0 N–H and O–H groups in total. The molecule has 1 rings (SSSR count). The van der Waals surface area contributed by atoms with Crippen molar-refractivity contribution in [3.05, 3.63) is 41.1 Å². The Morgan fingerprint density at radius 2 is 1.86 bits per heavy atom. The van der Waals surface area contributed by atoms with Gasteiger partial charge in [-0.15, -0.1) is 5.98 Å². The zero-order valence-corrected chi connectivity index (χ0v) is 7.48. The van der Waals surface area contributed by atoms with Crippen LogP contribution in [-0.2, 0) is 0 Å². The summed E-state index contributed by atoms with van der Waals surface area (Å²) in [7, 11) is 0. The van der Waals surface area contributed by atoms with E-state index in [-0.39, 0.29) is 5.98 Å². The summed E-state index contributed by atoms with van der Waals surface area (Å²) < 4.78 is 48.1. The van der Waals surface area contributed by atoms with Crippen LogP contribution in [-0.4, -0.2) is 6.98 Å². The minimum Gasteiger partial charge on any atom is -0.445 e. The van der Waals surface area contributed by atoms with Crippen LogP contribution in [0.15, 0.2) is 24.2 Å². The molecule has 5 heteroatoms. The van der Waals surface area contributed by atoms with Crippen molar-refractivity contribution in [2.75, 3.05) is 0 Å². The molecule has 0 aromatic heterocycles. The Balaban J connectivity index is 2.93. The molecule has 76 valence electrons. The van der Waals surface area contributed by atoms with Crippen molar-refractivity contribution in [1.29, 1.82) is 0 Å². The van der Waals surface area contributed by atoms with Crippen LogP contribution >= 0.6 is 0 Å². The summed E-state index contributed by atoms with van der Waals surface area (Å²) in [6, 6.07) is 3.65. The summed E-state index contributed by atoms with van der Waals surface area (Å²) in [6.45, 7) is -3.36. The van der Waals surface area contributed by atoms with Gasteiger partial charge in [-0.1, -0.05) is 12.1 Å². The van der Waals surface area contributed by atoms with Crippen LogP contribution in [0, 0.1) is 12.7 Å². The number of halogens is 4. The Hall–Kier alpha value is -1.26. The van der Waals surface area contributed by atoms with Gasteiger partial charge in [-0.3, -0.25) is 0 Å². The maximum Gasteiger partial charge on any atom is 0.502 e. The van der Waals surface area contributed by atoms with Crippen molar-refractivity contribution >= 4 is 13.1 Å². The van der Waals surface area contributed by atoms with Crippen molar-refractivity contribution in [1.82, 2.24) is 0 Å². The molecule has 0 bridgehead atoms. The highest BCUT2D eigenvalue weighted by molar-refractivity contribution is 6.64. The largest absolute Gasteiger partial charge is 0.502 e. The van der Waals surface area contributed by atoms with Gasteiger partial charge in [-0.25, -0.2) is 4.39 Å². The number of benzene rings is 1.